The van der Waals surface area contributed by atoms with Crippen molar-refractivity contribution in [1.82, 2.24) is 0 Å². The molecule has 94 valence electrons. The van der Waals surface area contributed by atoms with E-state index in [9.17, 15) is 0 Å². The molecule has 0 N–H and O–H groups in total. The molecule has 0 atom stereocenters. The first-order chi connectivity index (χ1) is 7.98. The minimum Gasteiger partial charge on any atom is -0.0680 e. The monoisotopic (exact) mass is 262 g/mol. The number of aryl methyl sites for hydroxylation is 3. The lowest BCUT2D eigenvalue weighted by Gasteiger charge is -2.29. The van der Waals surface area contributed by atoms with Gasteiger partial charge in [0.15, 0.2) is 0 Å². The van der Waals surface area contributed by atoms with Crippen LogP contribution in [0.15, 0.2) is 12.1 Å². The predicted octanol–water partition coefficient (Wildman–Crippen LogP) is 3.95. The molecule has 0 spiro atoms. The van der Waals surface area contributed by atoms with Gasteiger partial charge in [0.05, 0.1) is 9.04 Å². The zero-order chi connectivity index (χ0) is 13.1. The highest BCUT2D eigenvalue weighted by Gasteiger charge is 2.28. The summed E-state index contributed by atoms with van der Waals surface area (Å²) >= 11 is 0. The SMILES string of the molecule is CC[Si](CC)(CC)[Si]c1c(C)cc(C)cc1C. The first-order valence-corrected chi connectivity index (χ1v) is 11.5. The summed E-state index contributed by atoms with van der Waals surface area (Å²) in [5, 5.41) is 1.67. The van der Waals surface area contributed by atoms with Crippen LogP contribution < -0.4 is 5.19 Å². The molecule has 0 aliphatic rings. The summed E-state index contributed by atoms with van der Waals surface area (Å²) in [6.07, 6.45) is 0. The van der Waals surface area contributed by atoms with Gasteiger partial charge in [-0.1, -0.05) is 72.9 Å². The van der Waals surface area contributed by atoms with Crippen LogP contribution >= 0.6 is 0 Å². The Morgan fingerprint density at radius 2 is 1.29 bits per heavy atom. The summed E-state index contributed by atoms with van der Waals surface area (Å²) in [4.78, 5) is 0. The van der Waals surface area contributed by atoms with Gasteiger partial charge >= 0.3 is 0 Å². The molecule has 0 unspecified atom stereocenters. The molecule has 1 aromatic rings. The van der Waals surface area contributed by atoms with E-state index in [1.165, 1.54) is 34.8 Å². The third-order valence-electron chi connectivity index (χ3n) is 4.10. The lowest BCUT2D eigenvalue weighted by atomic mass is 10.1. The molecule has 0 aromatic heterocycles. The van der Waals surface area contributed by atoms with Gasteiger partial charge in [-0.25, -0.2) is 0 Å². The Hall–Kier alpha value is -0.346. The van der Waals surface area contributed by atoms with E-state index >= 15 is 0 Å². The normalized spacial score (nSPS) is 11.9. The molecular formula is C15H26Si2. The Labute approximate surface area is 110 Å². The van der Waals surface area contributed by atoms with E-state index in [0.29, 0.717) is 0 Å². The molecule has 0 aliphatic carbocycles. The van der Waals surface area contributed by atoms with Gasteiger partial charge in [-0.2, -0.15) is 0 Å². The van der Waals surface area contributed by atoms with Crippen LogP contribution in [0.5, 0.6) is 0 Å². The fraction of sp³-hybridized carbons (Fsp3) is 0.600. The second-order valence-corrected chi connectivity index (χ2v) is 14.6. The smallest absolute Gasteiger partial charge is 0.0680 e. The van der Waals surface area contributed by atoms with Crippen LogP contribution in [0.4, 0.5) is 0 Å². The van der Waals surface area contributed by atoms with Gasteiger partial charge in [-0.15, -0.1) is 0 Å². The van der Waals surface area contributed by atoms with Gasteiger partial charge in [-0.3, -0.25) is 0 Å². The third-order valence-corrected chi connectivity index (χ3v) is 15.3. The molecule has 0 heterocycles. The molecule has 0 nitrogen and oxygen atoms in total. The van der Waals surface area contributed by atoms with Crippen LogP contribution in [0.25, 0.3) is 0 Å². The maximum atomic E-state index is 2.41. The van der Waals surface area contributed by atoms with Gasteiger partial charge in [0.1, 0.15) is 0 Å². The minimum atomic E-state index is -1.01. The maximum Gasteiger partial charge on any atom is 0.0720 e. The van der Waals surface area contributed by atoms with Gasteiger partial charge in [0.25, 0.3) is 0 Å². The van der Waals surface area contributed by atoms with Gasteiger partial charge in [-0.05, 0) is 20.8 Å². The van der Waals surface area contributed by atoms with Crippen molar-refractivity contribution in [2.75, 3.05) is 0 Å². The first kappa shape index (κ1) is 14.7. The molecule has 0 saturated carbocycles. The van der Waals surface area contributed by atoms with E-state index in [2.05, 4.69) is 53.7 Å². The molecule has 0 bridgehead atoms. The van der Waals surface area contributed by atoms with E-state index in [-0.39, 0.29) is 0 Å². The largest absolute Gasteiger partial charge is 0.0720 e. The van der Waals surface area contributed by atoms with E-state index in [1.807, 2.05) is 0 Å². The topological polar surface area (TPSA) is 0 Å². The Bertz CT molecular complexity index is 347. The van der Waals surface area contributed by atoms with Crippen LogP contribution in [-0.4, -0.2) is 16.6 Å². The highest BCUT2D eigenvalue weighted by Crippen LogP contribution is 2.19. The third kappa shape index (κ3) is 3.32. The minimum absolute atomic E-state index is 1.01. The van der Waals surface area contributed by atoms with Crippen molar-refractivity contribution in [3.05, 3.63) is 28.8 Å². The van der Waals surface area contributed by atoms with Gasteiger partial charge < -0.3 is 0 Å². The summed E-state index contributed by atoms with van der Waals surface area (Å²) in [5.41, 5.74) is 4.45. The number of hydrogen-bond acceptors (Lipinski definition) is 0. The van der Waals surface area contributed by atoms with Crippen molar-refractivity contribution in [2.45, 2.75) is 59.7 Å². The Balaban J connectivity index is 3.09. The summed E-state index contributed by atoms with van der Waals surface area (Å²) in [7, 11) is 0.0882. The number of hydrogen-bond donors (Lipinski definition) is 0. The Kier molecular flexibility index (Phi) is 5.20. The van der Waals surface area contributed by atoms with Crippen molar-refractivity contribution in [1.29, 1.82) is 0 Å². The number of rotatable bonds is 5. The van der Waals surface area contributed by atoms with Crippen LogP contribution in [0.1, 0.15) is 37.5 Å². The van der Waals surface area contributed by atoms with Gasteiger partial charge in [0, 0.05) is 7.59 Å². The van der Waals surface area contributed by atoms with Crippen LogP contribution in [0.2, 0.25) is 18.1 Å². The highest BCUT2D eigenvalue weighted by atomic mass is 29.2. The van der Waals surface area contributed by atoms with E-state index in [1.54, 1.807) is 5.19 Å². The van der Waals surface area contributed by atoms with Gasteiger partial charge in [0.2, 0.25) is 0 Å². The molecule has 0 aliphatic heterocycles. The molecule has 0 saturated heterocycles. The summed E-state index contributed by atoms with van der Waals surface area (Å²) in [6.45, 7) is 14.0. The predicted molar refractivity (Wildman–Crippen MR) is 83.2 cm³/mol. The van der Waals surface area contributed by atoms with Crippen LogP contribution in [0.3, 0.4) is 0 Å². The zero-order valence-electron chi connectivity index (χ0n) is 12.3. The molecule has 1 aromatic carbocycles. The van der Waals surface area contributed by atoms with Crippen molar-refractivity contribution < 1.29 is 0 Å². The average molecular weight is 263 g/mol. The van der Waals surface area contributed by atoms with Crippen molar-refractivity contribution in [3.8, 4) is 0 Å². The molecule has 2 heteroatoms. The molecular weight excluding hydrogens is 236 g/mol. The fourth-order valence-corrected chi connectivity index (χ4v) is 10.1. The standard InChI is InChI=1S/C15H26Si2/c1-7-17(8-2,9-3)16-15-13(5)10-12(4)11-14(15)6/h10-11H,7-9H2,1-6H3. The lowest BCUT2D eigenvalue weighted by molar-refractivity contribution is 1.22. The van der Waals surface area contributed by atoms with E-state index in [4.69, 9.17) is 0 Å². The van der Waals surface area contributed by atoms with E-state index in [0.717, 1.165) is 9.04 Å². The zero-order valence-corrected chi connectivity index (χ0v) is 14.3. The van der Waals surface area contributed by atoms with Crippen LogP contribution in [0, 0.1) is 20.8 Å². The second kappa shape index (κ2) is 6.01. The number of benzene rings is 1. The molecule has 17 heavy (non-hydrogen) atoms. The van der Waals surface area contributed by atoms with Crippen molar-refractivity contribution in [3.63, 3.8) is 0 Å². The summed E-state index contributed by atoms with van der Waals surface area (Å²) < 4.78 is 0. The lowest BCUT2D eigenvalue weighted by Crippen LogP contribution is -2.47. The molecule has 2 radical (unpaired) electrons. The average Bonchev–Trinajstić information content (AvgIpc) is 2.29. The second-order valence-electron chi connectivity index (χ2n) is 5.24. The summed E-state index contributed by atoms with van der Waals surface area (Å²) in [5.74, 6) is 0. The highest BCUT2D eigenvalue weighted by molar-refractivity contribution is 7.29. The first-order valence-electron chi connectivity index (χ1n) is 6.84. The van der Waals surface area contributed by atoms with E-state index < -0.39 is 7.59 Å². The molecule has 1 rings (SSSR count). The molecule has 0 fully saturated rings. The van der Waals surface area contributed by atoms with Crippen LogP contribution in [-0.2, 0) is 0 Å². The van der Waals surface area contributed by atoms with Crippen molar-refractivity contribution in [2.24, 2.45) is 0 Å². The quantitative estimate of drug-likeness (QED) is 0.705. The van der Waals surface area contributed by atoms with Crippen molar-refractivity contribution >= 4 is 21.8 Å². The molecule has 0 amide bonds. The summed E-state index contributed by atoms with van der Waals surface area (Å²) in [6, 6.07) is 9.02. The Morgan fingerprint density at radius 3 is 1.65 bits per heavy atom. The maximum absolute atomic E-state index is 2.41. The Morgan fingerprint density at radius 1 is 0.882 bits per heavy atom. The fourth-order valence-electron chi connectivity index (χ4n) is 2.66.